The fourth-order valence-corrected chi connectivity index (χ4v) is 2.22. The second kappa shape index (κ2) is 6.56. The number of nitrogens with zero attached hydrogens (tertiary/aromatic N) is 1. The summed E-state index contributed by atoms with van der Waals surface area (Å²) in [5.41, 5.74) is 0.00491. The quantitative estimate of drug-likeness (QED) is 0.613. The van der Waals surface area contributed by atoms with Crippen molar-refractivity contribution in [3.05, 3.63) is 28.3 Å². The van der Waals surface area contributed by atoms with Crippen LogP contribution < -0.4 is 14.8 Å². The van der Waals surface area contributed by atoms with Crippen molar-refractivity contribution in [3.63, 3.8) is 0 Å². The normalized spacial score (nSPS) is 21.1. The van der Waals surface area contributed by atoms with Crippen LogP contribution in [0.4, 0.5) is 5.69 Å². The van der Waals surface area contributed by atoms with Crippen LogP contribution in [0.1, 0.15) is 26.2 Å². The molecule has 0 heterocycles. The van der Waals surface area contributed by atoms with Gasteiger partial charge in [0.2, 0.25) is 0 Å². The van der Waals surface area contributed by atoms with E-state index >= 15 is 0 Å². The Morgan fingerprint density at radius 1 is 1.40 bits per heavy atom. The van der Waals surface area contributed by atoms with Crippen molar-refractivity contribution in [3.8, 4) is 11.5 Å². The summed E-state index contributed by atoms with van der Waals surface area (Å²) in [5.74, 6) is 0.973. The molecular formula is C14H20N2O4. The van der Waals surface area contributed by atoms with Crippen LogP contribution in [0.2, 0.25) is 0 Å². The molecule has 1 aromatic rings. The molecule has 1 fully saturated rings. The van der Waals surface area contributed by atoms with Crippen molar-refractivity contribution in [2.24, 2.45) is 0 Å². The Morgan fingerprint density at radius 2 is 2.15 bits per heavy atom. The van der Waals surface area contributed by atoms with E-state index in [-0.39, 0.29) is 11.8 Å². The second-order valence-corrected chi connectivity index (χ2v) is 4.95. The monoisotopic (exact) mass is 280 g/mol. The molecular weight excluding hydrogens is 260 g/mol. The molecule has 0 saturated heterocycles. The topological polar surface area (TPSA) is 73.6 Å². The van der Waals surface area contributed by atoms with Gasteiger partial charge in [0, 0.05) is 12.1 Å². The summed E-state index contributed by atoms with van der Waals surface area (Å²) in [4.78, 5) is 10.3. The number of nitro benzene ring substituents is 1. The van der Waals surface area contributed by atoms with Gasteiger partial charge in [-0.05, 0) is 31.9 Å². The summed E-state index contributed by atoms with van der Waals surface area (Å²) < 4.78 is 11.0. The maximum Gasteiger partial charge on any atom is 0.273 e. The highest BCUT2D eigenvalue weighted by molar-refractivity contribution is 5.48. The Kier molecular flexibility index (Phi) is 4.79. The van der Waals surface area contributed by atoms with Gasteiger partial charge in [0.1, 0.15) is 6.10 Å². The highest BCUT2D eigenvalue weighted by Crippen LogP contribution is 2.35. The number of methoxy groups -OCH3 is 1. The van der Waals surface area contributed by atoms with Gasteiger partial charge in [0.25, 0.3) is 5.69 Å². The molecule has 0 amide bonds. The average Bonchev–Trinajstić information content (AvgIpc) is 2.41. The highest BCUT2D eigenvalue weighted by atomic mass is 16.6. The Labute approximate surface area is 118 Å². The zero-order valence-corrected chi connectivity index (χ0v) is 11.8. The fourth-order valence-electron chi connectivity index (χ4n) is 2.22. The third-order valence-corrected chi connectivity index (χ3v) is 3.43. The first-order valence-electron chi connectivity index (χ1n) is 6.86. The number of non-ortho nitro benzene ring substituents is 1. The molecule has 0 aromatic heterocycles. The molecule has 0 aliphatic heterocycles. The first-order valence-corrected chi connectivity index (χ1v) is 6.86. The number of nitrogens with one attached hydrogen (secondary N) is 1. The summed E-state index contributed by atoms with van der Waals surface area (Å²) in [6.45, 7) is 3.17. The fraction of sp³-hybridized carbons (Fsp3) is 0.571. The lowest BCUT2D eigenvalue weighted by molar-refractivity contribution is -0.385. The van der Waals surface area contributed by atoms with Gasteiger partial charge in [-0.2, -0.15) is 0 Å². The van der Waals surface area contributed by atoms with Crippen LogP contribution in [0.5, 0.6) is 11.5 Å². The Hall–Kier alpha value is -1.82. The number of ether oxygens (including phenoxy) is 2. The van der Waals surface area contributed by atoms with Crippen LogP contribution in [-0.4, -0.2) is 30.7 Å². The standard InChI is InChI=1S/C14H20N2O4/c1-3-6-15-10-7-12(8-10)20-13-5-4-11(16(17)18)9-14(13)19-2/h4-5,9-10,12,15H,3,6-8H2,1-2H3. The molecule has 2 rings (SSSR count). The zero-order chi connectivity index (χ0) is 14.5. The third kappa shape index (κ3) is 3.39. The van der Waals surface area contributed by atoms with E-state index in [0.717, 1.165) is 25.8 Å². The molecule has 1 aliphatic rings. The van der Waals surface area contributed by atoms with E-state index in [0.29, 0.717) is 17.5 Å². The molecule has 0 atom stereocenters. The lowest BCUT2D eigenvalue weighted by Crippen LogP contribution is -2.47. The van der Waals surface area contributed by atoms with Crippen LogP contribution in [0.3, 0.4) is 0 Å². The van der Waals surface area contributed by atoms with Gasteiger partial charge in [0.15, 0.2) is 11.5 Å². The summed E-state index contributed by atoms with van der Waals surface area (Å²) in [6, 6.07) is 4.94. The maximum absolute atomic E-state index is 10.7. The van der Waals surface area contributed by atoms with Crippen LogP contribution >= 0.6 is 0 Å². The summed E-state index contributed by atoms with van der Waals surface area (Å²) in [6.07, 6.45) is 3.19. The van der Waals surface area contributed by atoms with Gasteiger partial charge in [-0.3, -0.25) is 10.1 Å². The van der Waals surface area contributed by atoms with Crippen LogP contribution in [-0.2, 0) is 0 Å². The van der Waals surface area contributed by atoms with Crippen molar-refractivity contribution >= 4 is 5.69 Å². The van der Waals surface area contributed by atoms with Gasteiger partial charge in [-0.25, -0.2) is 0 Å². The van der Waals surface area contributed by atoms with E-state index in [2.05, 4.69) is 12.2 Å². The summed E-state index contributed by atoms with van der Waals surface area (Å²) in [5, 5.41) is 14.2. The first-order chi connectivity index (χ1) is 9.63. The van der Waals surface area contributed by atoms with Gasteiger partial charge in [-0.1, -0.05) is 6.92 Å². The summed E-state index contributed by atoms with van der Waals surface area (Å²) >= 11 is 0. The van der Waals surface area contributed by atoms with Crippen LogP contribution in [0, 0.1) is 10.1 Å². The molecule has 0 spiro atoms. The smallest absolute Gasteiger partial charge is 0.273 e. The van der Waals surface area contributed by atoms with Gasteiger partial charge >= 0.3 is 0 Å². The zero-order valence-electron chi connectivity index (χ0n) is 11.8. The Balaban J connectivity index is 1.92. The van der Waals surface area contributed by atoms with Crippen molar-refractivity contribution in [2.45, 2.75) is 38.3 Å². The lowest BCUT2D eigenvalue weighted by atomic mass is 9.89. The van der Waals surface area contributed by atoms with E-state index in [1.54, 1.807) is 6.07 Å². The van der Waals surface area contributed by atoms with E-state index in [9.17, 15) is 10.1 Å². The molecule has 110 valence electrons. The highest BCUT2D eigenvalue weighted by Gasteiger charge is 2.31. The van der Waals surface area contributed by atoms with Gasteiger partial charge in [0.05, 0.1) is 18.1 Å². The van der Waals surface area contributed by atoms with Gasteiger partial charge in [-0.15, -0.1) is 0 Å². The minimum Gasteiger partial charge on any atom is -0.493 e. The van der Waals surface area contributed by atoms with E-state index in [4.69, 9.17) is 9.47 Å². The van der Waals surface area contributed by atoms with E-state index in [1.165, 1.54) is 19.2 Å². The van der Waals surface area contributed by atoms with Crippen molar-refractivity contribution in [1.82, 2.24) is 5.32 Å². The second-order valence-electron chi connectivity index (χ2n) is 4.95. The predicted octanol–water partition coefficient (Wildman–Crippen LogP) is 2.51. The molecule has 6 nitrogen and oxygen atoms in total. The number of benzene rings is 1. The first kappa shape index (κ1) is 14.6. The van der Waals surface area contributed by atoms with Crippen LogP contribution in [0.15, 0.2) is 18.2 Å². The van der Waals surface area contributed by atoms with E-state index in [1.807, 2.05) is 0 Å². The van der Waals surface area contributed by atoms with Crippen molar-refractivity contribution in [1.29, 1.82) is 0 Å². The molecule has 1 N–H and O–H groups in total. The predicted molar refractivity (Wildman–Crippen MR) is 75.4 cm³/mol. The average molecular weight is 280 g/mol. The molecule has 0 radical (unpaired) electrons. The minimum atomic E-state index is -0.444. The number of hydrogen-bond acceptors (Lipinski definition) is 5. The molecule has 20 heavy (non-hydrogen) atoms. The molecule has 1 aromatic carbocycles. The van der Waals surface area contributed by atoms with Crippen molar-refractivity contribution < 1.29 is 14.4 Å². The van der Waals surface area contributed by atoms with Crippen LogP contribution in [0.25, 0.3) is 0 Å². The third-order valence-electron chi connectivity index (χ3n) is 3.43. The Bertz CT molecular complexity index is 472. The Morgan fingerprint density at radius 3 is 2.75 bits per heavy atom. The number of rotatable bonds is 7. The molecule has 1 saturated carbocycles. The van der Waals surface area contributed by atoms with Crippen molar-refractivity contribution in [2.75, 3.05) is 13.7 Å². The summed E-state index contributed by atoms with van der Waals surface area (Å²) in [7, 11) is 1.48. The van der Waals surface area contributed by atoms with E-state index < -0.39 is 4.92 Å². The maximum atomic E-state index is 10.7. The molecule has 0 bridgehead atoms. The molecule has 0 unspecified atom stereocenters. The molecule has 1 aliphatic carbocycles. The number of nitro groups is 1. The lowest BCUT2D eigenvalue weighted by Gasteiger charge is -2.36. The SMILES string of the molecule is CCCNC1CC(Oc2ccc([N+](=O)[O-])cc2OC)C1. The number of hydrogen-bond donors (Lipinski definition) is 1. The minimum absolute atomic E-state index is 0.00491. The largest absolute Gasteiger partial charge is 0.493 e. The molecule has 6 heteroatoms. The van der Waals surface area contributed by atoms with Gasteiger partial charge < -0.3 is 14.8 Å².